The summed E-state index contributed by atoms with van der Waals surface area (Å²) in [5.41, 5.74) is 0.784. The van der Waals surface area contributed by atoms with Crippen LogP contribution in [0.25, 0.3) is 0 Å². The van der Waals surface area contributed by atoms with E-state index in [1.807, 2.05) is 0 Å². The molecule has 0 saturated heterocycles. The summed E-state index contributed by atoms with van der Waals surface area (Å²) in [5.74, 6) is 0. The molecule has 2 nitrogen and oxygen atoms in total. The van der Waals surface area contributed by atoms with Gasteiger partial charge in [-0.1, -0.05) is 40.0 Å². The third-order valence-electron chi connectivity index (χ3n) is 3.58. The van der Waals surface area contributed by atoms with Crippen molar-refractivity contribution in [1.29, 1.82) is 0 Å². The van der Waals surface area contributed by atoms with Crippen molar-refractivity contribution in [3.05, 3.63) is 16.1 Å². The monoisotopic (exact) mass is 253 g/mol. The minimum absolute atomic E-state index is 0.115. The minimum Gasteiger partial charge on any atom is -0.389 e. The van der Waals surface area contributed by atoms with E-state index in [2.05, 4.69) is 31.1 Å². The Bertz CT molecular complexity index is 372. The van der Waals surface area contributed by atoms with E-state index in [9.17, 15) is 5.11 Å². The van der Waals surface area contributed by atoms with Gasteiger partial charge in [-0.25, -0.2) is 4.98 Å². The Morgan fingerprint density at radius 3 is 2.47 bits per heavy atom. The molecule has 3 heteroatoms. The summed E-state index contributed by atoms with van der Waals surface area (Å²) in [5, 5.41) is 13.7. The number of rotatable bonds is 2. The maximum atomic E-state index is 10.5. The van der Waals surface area contributed by atoms with Crippen LogP contribution in [0, 0.1) is 0 Å². The van der Waals surface area contributed by atoms with Gasteiger partial charge in [-0.2, -0.15) is 0 Å². The zero-order chi connectivity index (χ0) is 12.5. The first kappa shape index (κ1) is 13.0. The summed E-state index contributed by atoms with van der Waals surface area (Å²) < 4.78 is 0. The first-order valence-corrected chi connectivity index (χ1v) is 7.44. The van der Waals surface area contributed by atoms with Crippen molar-refractivity contribution >= 4 is 11.3 Å². The van der Waals surface area contributed by atoms with Gasteiger partial charge >= 0.3 is 0 Å². The van der Waals surface area contributed by atoms with Crippen molar-refractivity contribution in [1.82, 2.24) is 4.98 Å². The van der Waals surface area contributed by atoms with Gasteiger partial charge in [-0.3, -0.25) is 0 Å². The average Bonchev–Trinajstić information content (AvgIpc) is 2.66. The zero-order valence-electron chi connectivity index (χ0n) is 11.1. The van der Waals surface area contributed by atoms with Crippen LogP contribution in [0.2, 0.25) is 0 Å². The lowest BCUT2D eigenvalue weighted by atomic mass is 9.83. The van der Waals surface area contributed by atoms with E-state index in [-0.39, 0.29) is 5.41 Å². The number of hydrogen-bond acceptors (Lipinski definition) is 3. The van der Waals surface area contributed by atoms with Crippen LogP contribution in [0.1, 0.15) is 63.6 Å². The van der Waals surface area contributed by atoms with Crippen molar-refractivity contribution in [3.63, 3.8) is 0 Å². The molecule has 0 amide bonds. The lowest BCUT2D eigenvalue weighted by Gasteiger charge is -2.31. The van der Waals surface area contributed by atoms with Crippen LogP contribution in [0.15, 0.2) is 5.38 Å². The first-order chi connectivity index (χ1) is 7.89. The van der Waals surface area contributed by atoms with Crippen LogP contribution in [0.4, 0.5) is 0 Å². The second kappa shape index (κ2) is 4.69. The fourth-order valence-corrected chi connectivity index (χ4v) is 3.56. The molecule has 0 aromatic carbocycles. The molecular formula is C14H23NOS. The van der Waals surface area contributed by atoms with E-state index in [0.29, 0.717) is 0 Å². The van der Waals surface area contributed by atoms with E-state index in [1.54, 1.807) is 11.3 Å². The van der Waals surface area contributed by atoms with Crippen LogP contribution in [0.5, 0.6) is 0 Å². The molecule has 1 heterocycles. The van der Waals surface area contributed by atoms with Crippen LogP contribution in [-0.4, -0.2) is 15.7 Å². The fraction of sp³-hybridized carbons (Fsp3) is 0.786. The van der Waals surface area contributed by atoms with Gasteiger partial charge in [0.2, 0.25) is 0 Å². The molecule has 0 radical (unpaired) electrons. The number of hydrogen-bond donors (Lipinski definition) is 1. The van der Waals surface area contributed by atoms with Crippen molar-refractivity contribution in [2.24, 2.45) is 0 Å². The summed E-state index contributed by atoms with van der Waals surface area (Å²) in [6.45, 7) is 6.55. The Labute approximate surface area is 108 Å². The largest absolute Gasteiger partial charge is 0.389 e. The third-order valence-corrected chi connectivity index (χ3v) is 4.43. The van der Waals surface area contributed by atoms with Gasteiger partial charge in [-0.15, -0.1) is 11.3 Å². The van der Waals surface area contributed by atoms with E-state index >= 15 is 0 Å². The predicted molar refractivity (Wildman–Crippen MR) is 72.6 cm³/mol. The first-order valence-electron chi connectivity index (χ1n) is 6.56. The van der Waals surface area contributed by atoms with Crippen LogP contribution in [0.3, 0.4) is 0 Å². The van der Waals surface area contributed by atoms with Gasteiger partial charge < -0.3 is 5.11 Å². The van der Waals surface area contributed by atoms with E-state index in [0.717, 1.165) is 42.8 Å². The lowest BCUT2D eigenvalue weighted by Crippen LogP contribution is -2.33. The highest BCUT2D eigenvalue weighted by Gasteiger charge is 2.31. The minimum atomic E-state index is -0.481. The van der Waals surface area contributed by atoms with Crippen molar-refractivity contribution in [3.8, 4) is 0 Å². The Balaban J connectivity index is 2.06. The molecule has 0 atom stereocenters. The molecule has 1 aromatic heterocycles. The Hall–Kier alpha value is -0.410. The third kappa shape index (κ3) is 3.29. The molecule has 0 aliphatic heterocycles. The highest BCUT2D eigenvalue weighted by atomic mass is 32.1. The molecule has 0 bridgehead atoms. The standard InChI is InChI=1S/C14H23NOS/c1-13(2,3)11-10-17-12(15-11)9-14(16)7-5-4-6-8-14/h10,16H,4-9H2,1-3H3. The number of nitrogens with zero attached hydrogens (tertiary/aromatic N) is 1. The molecule has 2 rings (SSSR count). The van der Waals surface area contributed by atoms with E-state index in [1.165, 1.54) is 6.42 Å². The maximum Gasteiger partial charge on any atom is 0.0957 e. The van der Waals surface area contributed by atoms with Gasteiger partial charge in [0.05, 0.1) is 16.3 Å². The number of aliphatic hydroxyl groups is 1. The fourth-order valence-electron chi connectivity index (χ4n) is 2.40. The smallest absolute Gasteiger partial charge is 0.0957 e. The SMILES string of the molecule is CC(C)(C)c1csc(CC2(O)CCCCC2)n1. The van der Waals surface area contributed by atoms with Crippen molar-refractivity contribution in [2.75, 3.05) is 0 Å². The van der Waals surface area contributed by atoms with Gasteiger partial charge in [-0.05, 0) is 12.8 Å². The van der Waals surface area contributed by atoms with Gasteiger partial charge in [0.25, 0.3) is 0 Å². The summed E-state index contributed by atoms with van der Waals surface area (Å²) in [6.07, 6.45) is 6.22. The molecule has 96 valence electrons. The zero-order valence-corrected chi connectivity index (χ0v) is 11.9. The van der Waals surface area contributed by atoms with E-state index in [4.69, 9.17) is 0 Å². The molecule has 17 heavy (non-hydrogen) atoms. The molecule has 0 spiro atoms. The Kier molecular flexibility index (Phi) is 3.60. The van der Waals surface area contributed by atoms with Crippen molar-refractivity contribution < 1.29 is 5.11 Å². The molecule has 1 N–H and O–H groups in total. The van der Waals surface area contributed by atoms with Crippen LogP contribution in [-0.2, 0) is 11.8 Å². The molecule has 1 aromatic rings. The van der Waals surface area contributed by atoms with Crippen LogP contribution < -0.4 is 0 Å². The van der Waals surface area contributed by atoms with Crippen LogP contribution >= 0.6 is 11.3 Å². The van der Waals surface area contributed by atoms with Gasteiger partial charge in [0, 0.05) is 17.2 Å². The lowest BCUT2D eigenvalue weighted by molar-refractivity contribution is 0.00441. The average molecular weight is 253 g/mol. The second-order valence-electron chi connectivity index (χ2n) is 6.34. The van der Waals surface area contributed by atoms with Crippen molar-refractivity contribution in [2.45, 2.75) is 70.3 Å². The van der Waals surface area contributed by atoms with Gasteiger partial charge in [0.1, 0.15) is 0 Å². The molecule has 1 aliphatic carbocycles. The number of thiazole rings is 1. The quantitative estimate of drug-likeness (QED) is 0.872. The normalized spacial score (nSPS) is 20.5. The topological polar surface area (TPSA) is 33.1 Å². The Morgan fingerprint density at radius 2 is 1.94 bits per heavy atom. The summed E-state index contributed by atoms with van der Waals surface area (Å²) in [7, 11) is 0. The Morgan fingerprint density at radius 1 is 1.29 bits per heavy atom. The van der Waals surface area contributed by atoms with E-state index < -0.39 is 5.60 Å². The summed E-state index contributed by atoms with van der Waals surface area (Å²) in [6, 6.07) is 0. The highest BCUT2D eigenvalue weighted by Crippen LogP contribution is 2.33. The summed E-state index contributed by atoms with van der Waals surface area (Å²) >= 11 is 1.70. The molecule has 1 fully saturated rings. The maximum absolute atomic E-state index is 10.5. The van der Waals surface area contributed by atoms with Gasteiger partial charge in [0.15, 0.2) is 0 Å². The second-order valence-corrected chi connectivity index (χ2v) is 7.28. The highest BCUT2D eigenvalue weighted by molar-refractivity contribution is 7.09. The molecule has 0 unspecified atom stereocenters. The predicted octanol–water partition coefficient (Wildman–Crippen LogP) is 3.68. The molecular weight excluding hydrogens is 230 g/mol. The summed E-state index contributed by atoms with van der Waals surface area (Å²) in [4.78, 5) is 4.68. The molecule has 1 aliphatic rings. The number of aromatic nitrogens is 1. The molecule has 1 saturated carbocycles.